The monoisotopic (exact) mass is 153 g/mol. The van der Waals surface area contributed by atoms with Gasteiger partial charge in [-0.25, -0.2) is 0 Å². The lowest BCUT2D eigenvalue weighted by molar-refractivity contribution is -0.128. The Morgan fingerprint density at radius 2 is 2.18 bits per heavy atom. The van der Waals surface area contributed by atoms with Gasteiger partial charge in [-0.2, -0.15) is 0 Å². The van der Waals surface area contributed by atoms with Gasteiger partial charge in [0.2, 0.25) is 5.91 Å². The highest BCUT2D eigenvalue weighted by Crippen LogP contribution is 2.40. The summed E-state index contributed by atoms with van der Waals surface area (Å²) < 4.78 is 0. The molecule has 0 radical (unpaired) electrons. The van der Waals surface area contributed by atoms with E-state index in [0.717, 1.165) is 18.9 Å². The quantitative estimate of drug-likeness (QED) is 0.556. The van der Waals surface area contributed by atoms with Gasteiger partial charge in [0, 0.05) is 12.5 Å². The van der Waals surface area contributed by atoms with Crippen molar-refractivity contribution in [2.75, 3.05) is 6.54 Å². The number of amides is 1. The van der Waals surface area contributed by atoms with Crippen molar-refractivity contribution < 1.29 is 4.79 Å². The van der Waals surface area contributed by atoms with Crippen molar-refractivity contribution in [3.63, 3.8) is 0 Å². The number of hydrogen-bond acceptors (Lipinski definition) is 1. The first-order valence-corrected chi connectivity index (χ1v) is 4.57. The maximum atomic E-state index is 11.3. The number of piperidine rings is 1. The summed E-state index contributed by atoms with van der Waals surface area (Å²) in [5.74, 6) is 2.15. The number of nitrogens with one attached hydrogen (secondary N) is 1. The van der Waals surface area contributed by atoms with E-state index >= 15 is 0 Å². The Morgan fingerprint density at radius 3 is 2.91 bits per heavy atom. The molecule has 1 aliphatic carbocycles. The molecular weight excluding hydrogens is 138 g/mol. The molecule has 0 aromatic carbocycles. The molecule has 0 aromatic rings. The van der Waals surface area contributed by atoms with Gasteiger partial charge in [-0.15, -0.1) is 0 Å². The minimum absolute atomic E-state index is 0.311. The minimum atomic E-state index is 0.311. The van der Waals surface area contributed by atoms with Crippen molar-refractivity contribution in [3.05, 3.63) is 0 Å². The predicted molar refractivity (Wildman–Crippen MR) is 43.0 cm³/mol. The average Bonchev–Trinajstić information content (AvgIpc) is 2.35. The number of carbonyl (C=O) groups excluding carboxylic acids is 1. The first-order chi connectivity index (χ1) is 5.29. The molecule has 2 aliphatic rings. The zero-order chi connectivity index (χ0) is 7.84. The zero-order valence-corrected chi connectivity index (χ0v) is 6.97. The fourth-order valence-corrected chi connectivity index (χ4v) is 2.57. The molecule has 1 heterocycles. The van der Waals surface area contributed by atoms with Crippen molar-refractivity contribution in [1.82, 2.24) is 5.32 Å². The first-order valence-electron chi connectivity index (χ1n) is 4.57. The van der Waals surface area contributed by atoms with Crippen molar-refractivity contribution in [1.29, 1.82) is 0 Å². The molecule has 1 N–H and O–H groups in total. The van der Waals surface area contributed by atoms with Crippen molar-refractivity contribution >= 4 is 5.91 Å². The van der Waals surface area contributed by atoms with Crippen molar-refractivity contribution in [2.45, 2.75) is 26.2 Å². The van der Waals surface area contributed by atoms with Crippen LogP contribution in [-0.2, 0) is 4.79 Å². The Hall–Kier alpha value is -0.530. The van der Waals surface area contributed by atoms with E-state index in [-0.39, 0.29) is 0 Å². The van der Waals surface area contributed by atoms with Gasteiger partial charge >= 0.3 is 0 Å². The van der Waals surface area contributed by atoms with Crippen LogP contribution in [0.5, 0.6) is 0 Å². The molecule has 11 heavy (non-hydrogen) atoms. The van der Waals surface area contributed by atoms with Crippen LogP contribution in [0.4, 0.5) is 0 Å². The maximum Gasteiger partial charge on any atom is 0.223 e. The van der Waals surface area contributed by atoms with Crippen LogP contribution in [0.1, 0.15) is 26.2 Å². The van der Waals surface area contributed by atoms with Crippen LogP contribution in [-0.4, -0.2) is 12.5 Å². The standard InChI is InChI=1S/C9H15NO/c1-6-2-3-8-7(6)4-5-10-9(8)11/h6-8H,2-5H2,1H3,(H,10,11). The molecule has 2 heteroatoms. The highest BCUT2D eigenvalue weighted by Gasteiger charge is 2.39. The maximum absolute atomic E-state index is 11.3. The predicted octanol–water partition coefficient (Wildman–Crippen LogP) is 1.17. The van der Waals surface area contributed by atoms with Crippen LogP contribution in [0, 0.1) is 17.8 Å². The fourth-order valence-electron chi connectivity index (χ4n) is 2.57. The van der Waals surface area contributed by atoms with Gasteiger partial charge in [0.25, 0.3) is 0 Å². The van der Waals surface area contributed by atoms with E-state index in [2.05, 4.69) is 12.2 Å². The van der Waals surface area contributed by atoms with E-state index in [9.17, 15) is 4.79 Å². The highest BCUT2D eigenvalue weighted by molar-refractivity contribution is 5.80. The molecule has 1 saturated carbocycles. The van der Waals surface area contributed by atoms with Crippen LogP contribution in [0.25, 0.3) is 0 Å². The normalized spacial score (nSPS) is 43.4. The summed E-state index contributed by atoms with van der Waals surface area (Å²) in [5, 5.41) is 2.94. The number of hydrogen-bond donors (Lipinski definition) is 1. The lowest BCUT2D eigenvalue weighted by atomic mass is 9.84. The third-order valence-corrected chi connectivity index (χ3v) is 3.29. The fraction of sp³-hybridized carbons (Fsp3) is 0.889. The highest BCUT2D eigenvalue weighted by atomic mass is 16.1. The third-order valence-electron chi connectivity index (χ3n) is 3.29. The van der Waals surface area contributed by atoms with Crippen LogP contribution < -0.4 is 5.32 Å². The van der Waals surface area contributed by atoms with E-state index in [1.807, 2.05) is 0 Å². The van der Waals surface area contributed by atoms with E-state index < -0.39 is 0 Å². The van der Waals surface area contributed by atoms with E-state index in [0.29, 0.717) is 17.7 Å². The van der Waals surface area contributed by atoms with Crippen molar-refractivity contribution in [3.8, 4) is 0 Å². The lowest BCUT2D eigenvalue weighted by Gasteiger charge is -2.27. The van der Waals surface area contributed by atoms with Crippen LogP contribution in [0.15, 0.2) is 0 Å². The summed E-state index contributed by atoms with van der Waals surface area (Å²) in [6, 6.07) is 0. The topological polar surface area (TPSA) is 29.1 Å². The lowest BCUT2D eigenvalue weighted by Crippen LogP contribution is -2.40. The molecule has 2 nitrogen and oxygen atoms in total. The number of fused-ring (bicyclic) bond motifs is 1. The van der Waals surface area contributed by atoms with Crippen molar-refractivity contribution in [2.24, 2.45) is 17.8 Å². The zero-order valence-electron chi connectivity index (χ0n) is 6.97. The minimum Gasteiger partial charge on any atom is -0.356 e. The van der Waals surface area contributed by atoms with Gasteiger partial charge in [0.15, 0.2) is 0 Å². The Kier molecular flexibility index (Phi) is 1.63. The van der Waals surface area contributed by atoms with E-state index in [1.54, 1.807) is 0 Å². The summed E-state index contributed by atoms with van der Waals surface area (Å²) in [7, 11) is 0. The molecule has 0 bridgehead atoms. The second-order valence-electron chi connectivity index (χ2n) is 3.90. The summed E-state index contributed by atoms with van der Waals surface area (Å²) >= 11 is 0. The van der Waals surface area contributed by atoms with Crippen LogP contribution in [0.2, 0.25) is 0 Å². The Balaban J connectivity index is 2.13. The second-order valence-corrected chi connectivity index (χ2v) is 3.90. The third kappa shape index (κ3) is 1.05. The van der Waals surface area contributed by atoms with Gasteiger partial charge in [-0.1, -0.05) is 6.92 Å². The SMILES string of the molecule is CC1CCC2C(=O)NCCC12. The number of carbonyl (C=O) groups is 1. The number of rotatable bonds is 0. The van der Waals surface area contributed by atoms with Gasteiger partial charge in [0.1, 0.15) is 0 Å². The van der Waals surface area contributed by atoms with E-state index in [4.69, 9.17) is 0 Å². The molecule has 3 unspecified atom stereocenters. The molecule has 0 aromatic heterocycles. The van der Waals surface area contributed by atoms with Gasteiger partial charge in [-0.3, -0.25) is 4.79 Å². The van der Waals surface area contributed by atoms with Gasteiger partial charge < -0.3 is 5.32 Å². The largest absolute Gasteiger partial charge is 0.356 e. The molecule has 3 atom stereocenters. The average molecular weight is 153 g/mol. The smallest absolute Gasteiger partial charge is 0.223 e. The van der Waals surface area contributed by atoms with Gasteiger partial charge in [0.05, 0.1) is 0 Å². The summed E-state index contributed by atoms with van der Waals surface area (Å²) in [5.41, 5.74) is 0. The molecular formula is C9H15NO. The summed E-state index contributed by atoms with van der Waals surface area (Å²) in [4.78, 5) is 11.3. The Bertz CT molecular complexity index is 178. The molecule has 1 aliphatic heterocycles. The summed E-state index contributed by atoms with van der Waals surface area (Å²) in [6.07, 6.45) is 3.58. The molecule has 2 rings (SSSR count). The molecule has 2 fully saturated rings. The molecule has 1 amide bonds. The Labute approximate surface area is 67.4 Å². The second kappa shape index (κ2) is 2.50. The van der Waals surface area contributed by atoms with Crippen LogP contribution in [0.3, 0.4) is 0 Å². The Morgan fingerprint density at radius 1 is 1.36 bits per heavy atom. The molecule has 62 valence electrons. The van der Waals surface area contributed by atoms with E-state index in [1.165, 1.54) is 12.8 Å². The van der Waals surface area contributed by atoms with Gasteiger partial charge in [-0.05, 0) is 31.1 Å². The summed E-state index contributed by atoms with van der Waals surface area (Å²) in [6.45, 7) is 3.19. The first kappa shape index (κ1) is 7.14. The van der Waals surface area contributed by atoms with Crippen LogP contribution >= 0.6 is 0 Å². The molecule has 0 spiro atoms. The molecule has 1 saturated heterocycles.